The van der Waals surface area contributed by atoms with Crippen LogP contribution in [0.4, 0.5) is 8.78 Å². The highest BCUT2D eigenvalue weighted by atomic mass is 19.2. The molecule has 3 N–H and O–H groups in total. The maximum atomic E-state index is 12.9. The van der Waals surface area contributed by atoms with Crippen molar-refractivity contribution in [2.45, 2.75) is 12.5 Å². The van der Waals surface area contributed by atoms with Gasteiger partial charge in [-0.25, -0.2) is 8.78 Å². The molecule has 0 spiro atoms. The molecule has 1 atom stereocenters. The fourth-order valence-corrected chi connectivity index (χ4v) is 1.49. The number of hydrogen-bond donors (Lipinski definition) is 3. The Morgan fingerprint density at radius 2 is 2.11 bits per heavy atom. The van der Waals surface area contributed by atoms with Gasteiger partial charge in [0.2, 0.25) is 0 Å². The van der Waals surface area contributed by atoms with Gasteiger partial charge in [0, 0.05) is 6.54 Å². The number of benzene rings is 1. The van der Waals surface area contributed by atoms with Gasteiger partial charge in [0.15, 0.2) is 11.6 Å². The molecule has 0 aromatic heterocycles. The van der Waals surface area contributed by atoms with Gasteiger partial charge in [-0.1, -0.05) is 6.07 Å². The summed E-state index contributed by atoms with van der Waals surface area (Å²) in [6.07, 6.45) is 0.507. The van der Waals surface area contributed by atoms with Gasteiger partial charge in [-0.05, 0) is 37.7 Å². The maximum Gasteiger partial charge on any atom is 0.322 e. The first kappa shape index (κ1) is 14.5. The van der Waals surface area contributed by atoms with Crippen molar-refractivity contribution in [3.05, 3.63) is 35.4 Å². The lowest BCUT2D eigenvalue weighted by Gasteiger charge is -2.12. The van der Waals surface area contributed by atoms with Crippen LogP contribution in [0.3, 0.4) is 0 Å². The van der Waals surface area contributed by atoms with Crippen LogP contribution >= 0.6 is 0 Å². The topological polar surface area (TPSA) is 61.4 Å². The molecule has 0 saturated heterocycles. The minimum Gasteiger partial charge on any atom is -0.480 e. The SMILES string of the molecule is CNC(CNCCc1ccc(F)c(F)c1)C(=O)O. The largest absolute Gasteiger partial charge is 0.480 e. The highest BCUT2D eigenvalue weighted by Crippen LogP contribution is 2.08. The average Bonchev–Trinajstić information content (AvgIpc) is 2.33. The van der Waals surface area contributed by atoms with Crippen LogP contribution in [-0.4, -0.2) is 37.3 Å². The lowest BCUT2D eigenvalue weighted by molar-refractivity contribution is -0.139. The van der Waals surface area contributed by atoms with Crippen LogP contribution in [0.25, 0.3) is 0 Å². The van der Waals surface area contributed by atoms with Crippen LogP contribution in [0.2, 0.25) is 0 Å². The summed E-state index contributed by atoms with van der Waals surface area (Å²) in [5.41, 5.74) is 0.665. The van der Waals surface area contributed by atoms with E-state index in [-0.39, 0.29) is 6.54 Å². The molecule has 0 aliphatic heterocycles. The van der Waals surface area contributed by atoms with Crippen molar-refractivity contribution in [2.75, 3.05) is 20.1 Å². The molecular formula is C12H16F2N2O2. The molecule has 0 radical (unpaired) electrons. The summed E-state index contributed by atoms with van der Waals surface area (Å²) in [5, 5.41) is 14.3. The van der Waals surface area contributed by atoms with E-state index in [1.807, 2.05) is 0 Å². The monoisotopic (exact) mass is 258 g/mol. The molecule has 0 amide bonds. The van der Waals surface area contributed by atoms with E-state index < -0.39 is 23.6 Å². The Kier molecular flexibility index (Phi) is 5.67. The molecule has 1 aromatic carbocycles. The molecule has 0 heterocycles. The fourth-order valence-electron chi connectivity index (χ4n) is 1.49. The minimum absolute atomic E-state index is 0.273. The highest BCUT2D eigenvalue weighted by molar-refractivity contribution is 5.73. The van der Waals surface area contributed by atoms with Crippen molar-refractivity contribution >= 4 is 5.97 Å². The summed E-state index contributed by atoms with van der Waals surface area (Å²) in [6, 6.07) is 3.07. The van der Waals surface area contributed by atoms with E-state index in [1.165, 1.54) is 6.07 Å². The number of aliphatic carboxylic acids is 1. The van der Waals surface area contributed by atoms with E-state index in [9.17, 15) is 13.6 Å². The lowest BCUT2D eigenvalue weighted by atomic mass is 10.1. The molecule has 100 valence electrons. The molecule has 1 rings (SSSR count). The van der Waals surface area contributed by atoms with E-state index in [0.717, 1.165) is 12.1 Å². The van der Waals surface area contributed by atoms with Crippen molar-refractivity contribution in [2.24, 2.45) is 0 Å². The van der Waals surface area contributed by atoms with Gasteiger partial charge in [0.1, 0.15) is 6.04 Å². The van der Waals surface area contributed by atoms with Crippen molar-refractivity contribution < 1.29 is 18.7 Å². The number of likely N-dealkylation sites (N-methyl/N-ethyl adjacent to an activating group) is 1. The summed E-state index contributed by atoms with van der Waals surface area (Å²) in [7, 11) is 1.57. The van der Waals surface area contributed by atoms with Crippen LogP contribution < -0.4 is 10.6 Å². The zero-order chi connectivity index (χ0) is 13.5. The van der Waals surface area contributed by atoms with Gasteiger partial charge in [-0.2, -0.15) is 0 Å². The third-order valence-electron chi connectivity index (χ3n) is 2.57. The zero-order valence-corrected chi connectivity index (χ0v) is 10.0. The summed E-state index contributed by atoms with van der Waals surface area (Å²) >= 11 is 0. The third kappa shape index (κ3) is 4.38. The summed E-state index contributed by atoms with van der Waals surface area (Å²) in [4.78, 5) is 10.7. The molecule has 0 fully saturated rings. The number of carboxylic acid groups (broad SMARTS) is 1. The smallest absolute Gasteiger partial charge is 0.322 e. The molecular weight excluding hydrogens is 242 g/mol. The Morgan fingerprint density at radius 1 is 1.39 bits per heavy atom. The summed E-state index contributed by atoms with van der Waals surface area (Å²) < 4.78 is 25.6. The van der Waals surface area contributed by atoms with E-state index in [0.29, 0.717) is 18.5 Å². The lowest BCUT2D eigenvalue weighted by Crippen LogP contribution is -2.43. The molecule has 4 nitrogen and oxygen atoms in total. The Hall–Kier alpha value is -1.53. The second kappa shape index (κ2) is 7.03. The van der Waals surface area contributed by atoms with E-state index in [1.54, 1.807) is 7.05 Å². The van der Waals surface area contributed by atoms with Crippen LogP contribution in [0.1, 0.15) is 5.56 Å². The number of carbonyl (C=O) groups is 1. The predicted molar refractivity (Wildman–Crippen MR) is 63.4 cm³/mol. The molecule has 0 aliphatic carbocycles. The number of hydrogen-bond acceptors (Lipinski definition) is 3. The molecule has 6 heteroatoms. The van der Waals surface area contributed by atoms with Crippen LogP contribution in [-0.2, 0) is 11.2 Å². The maximum absolute atomic E-state index is 12.9. The summed E-state index contributed by atoms with van der Waals surface area (Å²) in [5.74, 6) is -2.67. The summed E-state index contributed by atoms with van der Waals surface area (Å²) in [6.45, 7) is 0.770. The van der Waals surface area contributed by atoms with Gasteiger partial charge in [0.25, 0.3) is 0 Å². The fraction of sp³-hybridized carbons (Fsp3) is 0.417. The predicted octanol–water partition coefficient (Wildman–Crippen LogP) is 0.769. The first-order valence-electron chi connectivity index (χ1n) is 5.59. The first-order chi connectivity index (χ1) is 8.54. The quantitative estimate of drug-likeness (QED) is 0.632. The molecule has 0 aliphatic rings. The van der Waals surface area contributed by atoms with Gasteiger partial charge in [0.05, 0.1) is 0 Å². The molecule has 18 heavy (non-hydrogen) atoms. The van der Waals surface area contributed by atoms with Crippen molar-refractivity contribution in [1.29, 1.82) is 0 Å². The van der Waals surface area contributed by atoms with Crippen LogP contribution in [0, 0.1) is 11.6 Å². The molecule has 1 unspecified atom stereocenters. The minimum atomic E-state index is -0.933. The normalized spacial score (nSPS) is 12.4. The second-order valence-corrected chi connectivity index (χ2v) is 3.88. The standard InChI is InChI=1S/C12H16F2N2O2/c1-15-11(12(17)18)7-16-5-4-8-2-3-9(13)10(14)6-8/h2-3,6,11,15-16H,4-5,7H2,1H3,(H,17,18). The van der Waals surface area contributed by atoms with E-state index in [4.69, 9.17) is 5.11 Å². The van der Waals surface area contributed by atoms with Crippen molar-refractivity contribution in [1.82, 2.24) is 10.6 Å². The Bertz CT molecular complexity index is 413. The van der Waals surface area contributed by atoms with Crippen molar-refractivity contribution in [3.8, 4) is 0 Å². The van der Waals surface area contributed by atoms with E-state index >= 15 is 0 Å². The number of rotatable bonds is 7. The number of halogens is 2. The zero-order valence-electron chi connectivity index (χ0n) is 10.0. The van der Waals surface area contributed by atoms with Crippen LogP contribution in [0.5, 0.6) is 0 Å². The third-order valence-corrected chi connectivity index (χ3v) is 2.57. The van der Waals surface area contributed by atoms with Gasteiger partial charge in [-0.15, -0.1) is 0 Å². The molecule has 0 bridgehead atoms. The Morgan fingerprint density at radius 3 is 2.67 bits per heavy atom. The number of nitrogens with one attached hydrogen (secondary N) is 2. The van der Waals surface area contributed by atoms with Gasteiger partial charge < -0.3 is 15.7 Å². The molecule has 0 saturated carbocycles. The van der Waals surface area contributed by atoms with Crippen molar-refractivity contribution in [3.63, 3.8) is 0 Å². The van der Waals surface area contributed by atoms with Crippen LogP contribution in [0.15, 0.2) is 18.2 Å². The Labute approximate surface area is 104 Å². The first-order valence-corrected chi connectivity index (χ1v) is 5.59. The average molecular weight is 258 g/mol. The second-order valence-electron chi connectivity index (χ2n) is 3.88. The molecule has 1 aromatic rings. The Balaban J connectivity index is 2.33. The van der Waals surface area contributed by atoms with Gasteiger partial charge >= 0.3 is 5.97 Å². The van der Waals surface area contributed by atoms with E-state index in [2.05, 4.69) is 10.6 Å². The van der Waals surface area contributed by atoms with Gasteiger partial charge in [-0.3, -0.25) is 4.79 Å². The highest BCUT2D eigenvalue weighted by Gasteiger charge is 2.13. The number of carboxylic acids is 1.